The summed E-state index contributed by atoms with van der Waals surface area (Å²) in [5, 5.41) is 0. The average Bonchev–Trinajstić information content (AvgIpc) is 2.67. The molecule has 1 saturated heterocycles. The van der Waals surface area contributed by atoms with E-state index in [9.17, 15) is 4.79 Å². The first-order valence-electron chi connectivity index (χ1n) is 9.12. The molecule has 130 valence electrons. The van der Waals surface area contributed by atoms with Crippen molar-refractivity contribution < 1.29 is 9.53 Å². The summed E-state index contributed by atoms with van der Waals surface area (Å²) in [6.07, 6.45) is 7.94. The molecule has 4 heteroatoms. The summed E-state index contributed by atoms with van der Waals surface area (Å²) in [6, 6.07) is 9.68. The van der Waals surface area contributed by atoms with Crippen LogP contribution in [0.5, 0.6) is 0 Å². The van der Waals surface area contributed by atoms with E-state index in [-0.39, 0.29) is 5.91 Å². The van der Waals surface area contributed by atoms with Crippen LogP contribution in [0.4, 0.5) is 0 Å². The van der Waals surface area contributed by atoms with Crippen LogP contribution < -0.4 is 0 Å². The Morgan fingerprint density at radius 2 is 1.96 bits per heavy atom. The smallest absolute Gasteiger partial charge is 0.253 e. The van der Waals surface area contributed by atoms with Gasteiger partial charge in [-0.05, 0) is 37.3 Å². The van der Waals surface area contributed by atoms with Crippen LogP contribution in [0.2, 0.25) is 0 Å². The topological polar surface area (TPSA) is 32.8 Å². The SMILES string of the molecule is O=C(c1ccccc1)N(CCN1CCOCC1)C[C@@H]1CC=CCC1. The number of morpholine rings is 1. The van der Waals surface area contributed by atoms with Crippen molar-refractivity contribution in [2.75, 3.05) is 45.9 Å². The molecule has 1 aliphatic heterocycles. The third-order valence-corrected chi connectivity index (χ3v) is 4.95. The fourth-order valence-electron chi connectivity index (χ4n) is 3.46. The van der Waals surface area contributed by atoms with Crippen LogP contribution in [-0.4, -0.2) is 61.6 Å². The highest BCUT2D eigenvalue weighted by Crippen LogP contribution is 2.20. The molecule has 0 aromatic heterocycles. The van der Waals surface area contributed by atoms with E-state index in [4.69, 9.17) is 4.74 Å². The number of amides is 1. The van der Waals surface area contributed by atoms with E-state index in [0.717, 1.165) is 64.3 Å². The van der Waals surface area contributed by atoms with Crippen molar-refractivity contribution in [1.82, 2.24) is 9.80 Å². The Hall–Kier alpha value is -1.65. The molecular weight excluding hydrogens is 300 g/mol. The molecule has 2 aliphatic rings. The quantitative estimate of drug-likeness (QED) is 0.753. The maximum absolute atomic E-state index is 13.0. The van der Waals surface area contributed by atoms with Crippen molar-refractivity contribution in [3.8, 4) is 0 Å². The Labute approximate surface area is 145 Å². The summed E-state index contributed by atoms with van der Waals surface area (Å²) < 4.78 is 5.41. The Morgan fingerprint density at radius 1 is 1.17 bits per heavy atom. The van der Waals surface area contributed by atoms with Gasteiger partial charge in [0.2, 0.25) is 0 Å². The van der Waals surface area contributed by atoms with Gasteiger partial charge in [-0.25, -0.2) is 0 Å². The van der Waals surface area contributed by atoms with E-state index in [1.807, 2.05) is 30.3 Å². The minimum absolute atomic E-state index is 0.165. The first-order valence-corrected chi connectivity index (χ1v) is 9.12. The first kappa shape index (κ1) is 17.2. The standard InChI is InChI=1S/C20H28N2O2/c23-20(19-9-5-2-6-10-19)22(17-18-7-3-1-4-8-18)12-11-21-13-15-24-16-14-21/h1-3,5-6,9-10,18H,4,7-8,11-17H2/t18-/m1/s1. The van der Waals surface area contributed by atoms with Gasteiger partial charge in [-0.15, -0.1) is 0 Å². The molecule has 4 nitrogen and oxygen atoms in total. The number of rotatable bonds is 6. The summed E-state index contributed by atoms with van der Waals surface area (Å²) in [7, 11) is 0. The van der Waals surface area contributed by atoms with Crippen LogP contribution in [0.25, 0.3) is 0 Å². The number of hydrogen-bond donors (Lipinski definition) is 0. The zero-order valence-corrected chi connectivity index (χ0v) is 14.4. The second-order valence-corrected chi connectivity index (χ2v) is 6.72. The van der Waals surface area contributed by atoms with Gasteiger partial charge >= 0.3 is 0 Å². The highest BCUT2D eigenvalue weighted by molar-refractivity contribution is 5.94. The van der Waals surface area contributed by atoms with Gasteiger partial charge in [0.05, 0.1) is 13.2 Å². The zero-order chi connectivity index (χ0) is 16.6. The van der Waals surface area contributed by atoms with Crippen molar-refractivity contribution in [3.63, 3.8) is 0 Å². The van der Waals surface area contributed by atoms with Crippen molar-refractivity contribution >= 4 is 5.91 Å². The molecule has 1 heterocycles. The Kier molecular flexibility index (Phi) is 6.44. The molecule has 0 saturated carbocycles. The van der Waals surface area contributed by atoms with E-state index in [1.54, 1.807) is 0 Å². The molecular formula is C20H28N2O2. The van der Waals surface area contributed by atoms with Gasteiger partial charge in [0.1, 0.15) is 0 Å². The number of nitrogens with zero attached hydrogens (tertiary/aromatic N) is 2. The molecule has 0 unspecified atom stereocenters. The molecule has 1 atom stereocenters. The molecule has 1 fully saturated rings. The van der Waals surface area contributed by atoms with Crippen LogP contribution in [0, 0.1) is 5.92 Å². The second kappa shape index (κ2) is 9.00. The largest absolute Gasteiger partial charge is 0.379 e. The molecule has 1 aromatic rings. The minimum Gasteiger partial charge on any atom is -0.379 e. The molecule has 1 aliphatic carbocycles. The molecule has 3 rings (SSSR count). The second-order valence-electron chi connectivity index (χ2n) is 6.72. The van der Waals surface area contributed by atoms with Crippen LogP contribution >= 0.6 is 0 Å². The predicted octanol–water partition coefficient (Wildman–Crippen LogP) is 2.82. The predicted molar refractivity (Wildman–Crippen MR) is 96.1 cm³/mol. The number of carbonyl (C=O) groups is 1. The zero-order valence-electron chi connectivity index (χ0n) is 14.4. The van der Waals surface area contributed by atoms with Crippen LogP contribution in [-0.2, 0) is 4.74 Å². The highest BCUT2D eigenvalue weighted by atomic mass is 16.5. The summed E-state index contributed by atoms with van der Waals surface area (Å²) in [5.74, 6) is 0.755. The summed E-state index contributed by atoms with van der Waals surface area (Å²) >= 11 is 0. The number of ether oxygens (including phenoxy) is 1. The third kappa shape index (κ3) is 4.92. The highest BCUT2D eigenvalue weighted by Gasteiger charge is 2.21. The van der Waals surface area contributed by atoms with Crippen LogP contribution in [0.1, 0.15) is 29.6 Å². The lowest BCUT2D eigenvalue weighted by molar-refractivity contribution is 0.0315. The van der Waals surface area contributed by atoms with Gasteiger partial charge in [0.25, 0.3) is 5.91 Å². The van der Waals surface area contributed by atoms with E-state index in [2.05, 4.69) is 22.0 Å². The van der Waals surface area contributed by atoms with Crippen LogP contribution in [0.15, 0.2) is 42.5 Å². The van der Waals surface area contributed by atoms with Crippen molar-refractivity contribution in [3.05, 3.63) is 48.0 Å². The van der Waals surface area contributed by atoms with Crippen LogP contribution in [0.3, 0.4) is 0 Å². The monoisotopic (exact) mass is 328 g/mol. The normalized spacial score (nSPS) is 21.6. The van der Waals surface area contributed by atoms with E-state index >= 15 is 0 Å². The summed E-state index contributed by atoms with van der Waals surface area (Å²) in [5.41, 5.74) is 0.797. The van der Waals surface area contributed by atoms with Crippen molar-refractivity contribution in [1.29, 1.82) is 0 Å². The maximum atomic E-state index is 13.0. The summed E-state index contributed by atoms with van der Waals surface area (Å²) in [4.78, 5) is 17.4. The molecule has 0 N–H and O–H groups in total. The fourth-order valence-corrected chi connectivity index (χ4v) is 3.46. The summed E-state index contributed by atoms with van der Waals surface area (Å²) in [6.45, 7) is 6.15. The molecule has 0 bridgehead atoms. The van der Waals surface area contributed by atoms with Gasteiger partial charge < -0.3 is 9.64 Å². The van der Waals surface area contributed by atoms with Gasteiger partial charge in [-0.1, -0.05) is 30.4 Å². The molecule has 0 spiro atoms. The van der Waals surface area contributed by atoms with Gasteiger partial charge in [0.15, 0.2) is 0 Å². The van der Waals surface area contributed by atoms with Gasteiger partial charge in [0, 0.05) is 38.3 Å². The number of hydrogen-bond acceptors (Lipinski definition) is 3. The third-order valence-electron chi connectivity index (χ3n) is 4.95. The molecule has 1 aromatic carbocycles. The number of allylic oxidation sites excluding steroid dienone is 2. The lowest BCUT2D eigenvalue weighted by Gasteiger charge is -2.32. The minimum atomic E-state index is 0.165. The van der Waals surface area contributed by atoms with E-state index < -0.39 is 0 Å². The molecule has 24 heavy (non-hydrogen) atoms. The maximum Gasteiger partial charge on any atom is 0.253 e. The van der Waals surface area contributed by atoms with Gasteiger partial charge in [-0.3, -0.25) is 9.69 Å². The van der Waals surface area contributed by atoms with Crippen molar-refractivity contribution in [2.45, 2.75) is 19.3 Å². The number of carbonyl (C=O) groups excluding carboxylic acids is 1. The Balaban J connectivity index is 1.62. The number of benzene rings is 1. The van der Waals surface area contributed by atoms with Crippen molar-refractivity contribution in [2.24, 2.45) is 5.92 Å². The molecule has 1 amide bonds. The van der Waals surface area contributed by atoms with E-state index in [1.165, 1.54) is 6.42 Å². The lowest BCUT2D eigenvalue weighted by Crippen LogP contribution is -2.44. The van der Waals surface area contributed by atoms with E-state index in [0.29, 0.717) is 5.92 Å². The Bertz CT molecular complexity index is 538. The fraction of sp³-hybridized carbons (Fsp3) is 0.550. The van der Waals surface area contributed by atoms with Gasteiger partial charge in [-0.2, -0.15) is 0 Å². The average molecular weight is 328 g/mol. The lowest BCUT2D eigenvalue weighted by atomic mass is 9.93. The Morgan fingerprint density at radius 3 is 2.67 bits per heavy atom. The first-order chi connectivity index (χ1) is 11.8. The molecule has 0 radical (unpaired) electrons.